The van der Waals surface area contributed by atoms with Gasteiger partial charge in [-0.15, -0.1) is 0 Å². The maximum absolute atomic E-state index is 11.9. The molecule has 0 aliphatic carbocycles. The molecular formula is C12H24N2O2. The van der Waals surface area contributed by atoms with Crippen molar-refractivity contribution in [3.05, 3.63) is 0 Å². The van der Waals surface area contributed by atoms with Gasteiger partial charge in [-0.05, 0) is 33.1 Å². The number of hydrogen-bond donors (Lipinski definition) is 2. The van der Waals surface area contributed by atoms with Gasteiger partial charge in [0.25, 0.3) is 0 Å². The van der Waals surface area contributed by atoms with Crippen molar-refractivity contribution in [2.45, 2.75) is 58.2 Å². The van der Waals surface area contributed by atoms with E-state index >= 15 is 0 Å². The van der Waals surface area contributed by atoms with E-state index in [1.807, 2.05) is 13.8 Å². The van der Waals surface area contributed by atoms with Crippen molar-refractivity contribution in [2.24, 2.45) is 0 Å². The maximum atomic E-state index is 11.9. The Morgan fingerprint density at radius 2 is 2.00 bits per heavy atom. The summed E-state index contributed by atoms with van der Waals surface area (Å²) in [6.45, 7) is 7.65. The third-order valence-corrected chi connectivity index (χ3v) is 3.43. The second-order valence-electron chi connectivity index (χ2n) is 4.76. The minimum Gasteiger partial charge on any atom is -0.393 e. The van der Waals surface area contributed by atoms with Crippen molar-refractivity contribution in [1.29, 1.82) is 0 Å². The first-order valence-corrected chi connectivity index (χ1v) is 6.27. The van der Waals surface area contributed by atoms with Crippen molar-refractivity contribution in [1.82, 2.24) is 10.2 Å². The molecule has 2 unspecified atom stereocenters. The van der Waals surface area contributed by atoms with E-state index in [0.29, 0.717) is 0 Å². The van der Waals surface area contributed by atoms with Crippen LogP contribution < -0.4 is 5.32 Å². The van der Waals surface area contributed by atoms with Gasteiger partial charge in [-0.25, -0.2) is 0 Å². The Morgan fingerprint density at radius 3 is 2.50 bits per heavy atom. The summed E-state index contributed by atoms with van der Waals surface area (Å²) in [5.74, 6) is 0.103. The molecule has 1 aliphatic rings. The number of hydrogen-bond acceptors (Lipinski definition) is 3. The molecule has 1 aliphatic heterocycles. The van der Waals surface area contributed by atoms with Gasteiger partial charge in [-0.2, -0.15) is 0 Å². The summed E-state index contributed by atoms with van der Waals surface area (Å²) >= 11 is 0. The third kappa shape index (κ3) is 3.76. The number of carbonyl (C=O) groups excluding carboxylic acids is 1. The van der Waals surface area contributed by atoms with Crippen molar-refractivity contribution in [2.75, 3.05) is 13.1 Å². The summed E-state index contributed by atoms with van der Waals surface area (Å²) < 4.78 is 0. The molecule has 0 bridgehead atoms. The molecule has 94 valence electrons. The average molecular weight is 228 g/mol. The van der Waals surface area contributed by atoms with E-state index in [1.54, 1.807) is 0 Å². The van der Waals surface area contributed by atoms with Crippen LogP contribution in [0.1, 0.15) is 40.0 Å². The van der Waals surface area contributed by atoms with Gasteiger partial charge in [-0.3, -0.25) is 9.69 Å². The van der Waals surface area contributed by atoms with Crippen LogP contribution in [0, 0.1) is 0 Å². The van der Waals surface area contributed by atoms with Crippen LogP contribution in [-0.4, -0.2) is 47.2 Å². The number of amides is 1. The number of piperidine rings is 1. The molecule has 16 heavy (non-hydrogen) atoms. The van der Waals surface area contributed by atoms with Gasteiger partial charge in [0.1, 0.15) is 0 Å². The lowest BCUT2D eigenvalue weighted by Crippen LogP contribution is -2.50. The first-order chi connectivity index (χ1) is 7.54. The number of aliphatic hydroxyl groups is 1. The van der Waals surface area contributed by atoms with E-state index in [-0.39, 0.29) is 24.1 Å². The fourth-order valence-electron chi connectivity index (χ4n) is 1.90. The Hall–Kier alpha value is -0.610. The highest BCUT2D eigenvalue weighted by Crippen LogP contribution is 2.13. The normalized spacial score (nSPS) is 22.8. The molecule has 0 saturated carbocycles. The number of nitrogens with one attached hydrogen (secondary N) is 1. The average Bonchev–Trinajstić information content (AvgIpc) is 2.28. The molecule has 1 saturated heterocycles. The number of aliphatic hydroxyl groups excluding tert-OH is 1. The molecule has 2 atom stereocenters. The molecule has 0 spiro atoms. The minimum absolute atomic E-state index is 0.0819. The number of nitrogens with zero attached hydrogens (tertiary/aromatic N) is 1. The zero-order valence-corrected chi connectivity index (χ0v) is 10.6. The van der Waals surface area contributed by atoms with Gasteiger partial charge in [0.15, 0.2) is 0 Å². The van der Waals surface area contributed by atoms with Crippen LogP contribution in [-0.2, 0) is 4.79 Å². The summed E-state index contributed by atoms with van der Waals surface area (Å²) in [4.78, 5) is 14.0. The zero-order chi connectivity index (χ0) is 12.1. The Kier molecular flexibility index (Phi) is 5.22. The van der Waals surface area contributed by atoms with Gasteiger partial charge in [-0.1, -0.05) is 6.92 Å². The van der Waals surface area contributed by atoms with Crippen LogP contribution >= 0.6 is 0 Å². The van der Waals surface area contributed by atoms with Crippen molar-refractivity contribution < 1.29 is 9.90 Å². The Bertz CT molecular complexity index is 225. The summed E-state index contributed by atoms with van der Waals surface area (Å²) in [7, 11) is 0. The van der Waals surface area contributed by atoms with E-state index in [9.17, 15) is 9.90 Å². The summed E-state index contributed by atoms with van der Waals surface area (Å²) in [6, 6.07) is 0.159. The lowest BCUT2D eigenvalue weighted by Gasteiger charge is -2.34. The fourth-order valence-corrected chi connectivity index (χ4v) is 1.90. The summed E-state index contributed by atoms with van der Waals surface area (Å²) in [5.41, 5.74) is 0. The van der Waals surface area contributed by atoms with E-state index in [1.165, 1.54) is 0 Å². The molecule has 1 fully saturated rings. The number of likely N-dealkylation sites (tertiary alicyclic amines) is 1. The lowest BCUT2D eigenvalue weighted by molar-refractivity contribution is -0.127. The van der Waals surface area contributed by atoms with E-state index < -0.39 is 0 Å². The molecule has 4 nitrogen and oxygen atoms in total. The van der Waals surface area contributed by atoms with Crippen molar-refractivity contribution >= 4 is 5.91 Å². The van der Waals surface area contributed by atoms with Crippen LogP contribution in [0.15, 0.2) is 0 Å². The molecule has 0 aromatic carbocycles. The standard InChI is InChI=1S/C12H24N2O2/c1-4-9(2)13-12(16)10(3)14-7-5-11(15)6-8-14/h9-11,15H,4-8H2,1-3H3,(H,13,16). The lowest BCUT2D eigenvalue weighted by atomic mass is 10.1. The third-order valence-electron chi connectivity index (χ3n) is 3.43. The second-order valence-corrected chi connectivity index (χ2v) is 4.76. The Labute approximate surface area is 98.0 Å². The molecule has 1 amide bonds. The topological polar surface area (TPSA) is 52.6 Å². The van der Waals surface area contributed by atoms with Gasteiger partial charge >= 0.3 is 0 Å². The molecule has 1 heterocycles. The fraction of sp³-hybridized carbons (Fsp3) is 0.917. The summed E-state index contributed by atoms with van der Waals surface area (Å²) in [5, 5.41) is 12.4. The monoisotopic (exact) mass is 228 g/mol. The molecule has 0 radical (unpaired) electrons. The van der Waals surface area contributed by atoms with E-state index in [4.69, 9.17) is 0 Å². The van der Waals surface area contributed by atoms with Gasteiger partial charge < -0.3 is 10.4 Å². The van der Waals surface area contributed by atoms with Crippen LogP contribution in [0.25, 0.3) is 0 Å². The molecule has 1 rings (SSSR count). The minimum atomic E-state index is -0.180. The van der Waals surface area contributed by atoms with Crippen molar-refractivity contribution in [3.8, 4) is 0 Å². The van der Waals surface area contributed by atoms with Crippen LogP contribution in [0.5, 0.6) is 0 Å². The van der Waals surface area contributed by atoms with Gasteiger partial charge in [0, 0.05) is 19.1 Å². The highest BCUT2D eigenvalue weighted by atomic mass is 16.3. The molecule has 0 aromatic heterocycles. The zero-order valence-electron chi connectivity index (χ0n) is 10.6. The van der Waals surface area contributed by atoms with Crippen LogP contribution in [0.3, 0.4) is 0 Å². The van der Waals surface area contributed by atoms with E-state index in [0.717, 1.165) is 32.4 Å². The highest BCUT2D eigenvalue weighted by molar-refractivity contribution is 5.81. The molecular weight excluding hydrogens is 204 g/mol. The predicted molar refractivity (Wildman–Crippen MR) is 64.2 cm³/mol. The molecule has 2 N–H and O–H groups in total. The first-order valence-electron chi connectivity index (χ1n) is 6.27. The van der Waals surface area contributed by atoms with Crippen molar-refractivity contribution in [3.63, 3.8) is 0 Å². The van der Waals surface area contributed by atoms with Gasteiger partial charge in [0.05, 0.1) is 12.1 Å². The molecule has 0 aromatic rings. The van der Waals surface area contributed by atoms with Crippen LogP contribution in [0.2, 0.25) is 0 Å². The Balaban J connectivity index is 2.38. The quantitative estimate of drug-likeness (QED) is 0.746. The highest BCUT2D eigenvalue weighted by Gasteiger charge is 2.25. The summed E-state index contributed by atoms with van der Waals surface area (Å²) in [6.07, 6.45) is 2.33. The second kappa shape index (κ2) is 6.21. The Morgan fingerprint density at radius 1 is 1.44 bits per heavy atom. The largest absolute Gasteiger partial charge is 0.393 e. The SMILES string of the molecule is CCC(C)NC(=O)C(C)N1CCC(O)CC1. The molecule has 4 heteroatoms. The van der Waals surface area contributed by atoms with E-state index in [2.05, 4.69) is 17.1 Å². The van der Waals surface area contributed by atoms with Crippen LogP contribution in [0.4, 0.5) is 0 Å². The first kappa shape index (κ1) is 13.5. The maximum Gasteiger partial charge on any atom is 0.237 e. The smallest absolute Gasteiger partial charge is 0.237 e. The number of carbonyl (C=O) groups is 1. The predicted octanol–water partition coefficient (Wildman–Crippen LogP) is 0.746. The van der Waals surface area contributed by atoms with Gasteiger partial charge in [0.2, 0.25) is 5.91 Å². The number of rotatable bonds is 4.